The Bertz CT molecular complexity index is 3140. The van der Waals surface area contributed by atoms with Crippen LogP contribution in [0, 0.1) is 26.8 Å². The lowest BCUT2D eigenvalue weighted by Gasteiger charge is -2.32. The minimum atomic E-state index is -5.99. The quantitative estimate of drug-likeness (QED) is 0.00922. The summed E-state index contributed by atoms with van der Waals surface area (Å²) in [5.74, 6) is -13.8. The lowest BCUT2D eigenvalue weighted by Crippen LogP contribution is -2.34. The van der Waals surface area contributed by atoms with E-state index in [1.807, 2.05) is 27.5 Å². The van der Waals surface area contributed by atoms with Crippen LogP contribution in [0.4, 0.5) is 23.2 Å². The van der Waals surface area contributed by atoms with E-state index < -0.39 is 113 Å². The Hall–Kier alpha value is -4.43. The third kappa shape index (κ3) is 15.8. The van der Waals surface area contributed by atoms with E-state index >= 15 is 0 Å². The van der Waals surface area contributed by atoms with Gasteiger partial charge < -0.3 is 37.3 Å². The number of hydrogen-bond acceptors (Lipinski definition) is 18. The molecule has 1 aliphatic heterocycles. The first-order valence-corrected chi connectivity index (χ1v) is 28.7. The molecule has 2 unspecified atom stereocenters. The van der Waals surface area contributed by atoms with Gasteiger partial charge >= 0.3 is 5.97 Å². The number of ether oxygens (including phenoxy) is 3. The van der Waals surface area contributed by atoms with Crippen LogP contribution in [-0.2, 0) is 65.6 Å². The van der Waals surface area contributed by atoms with E-state index in [-0.39, 0.29) is 64.8 Å². The van der Waals surface area contributed by atoms with Crippen LogP contribution in [0.5, 0.6) is 5.75 Å². The monoisotopic (exact) mass is 1220 g/mol. The number of methoxy groups -OCH3 is 2. The summed E-state index contributed by atoms with van der Waals surface area (Å²) in [7, 11) is -17.5. The Morgan fingerprint density at radius 2 is 1.36 bits per heavy atom. The number of esters is 1. The second-order valence-electron chi connectivity index (χ2n) is 16.7. The van der Waals surface area contributed by atoms with Gasteiger partial charge in [-0.15, -0.1) is 0 Å². The van der Waals surface area contributed by atoms with Gasteiger partial charge in [0.15, 0.2) is 11.6 Å². The molecule has 0 saturated heterocycles. The predicted octanol–water partition coefficient (Wildman–Crippen LogP) is 6.76. The molecule has 0 radical (unpaired) electrons. The predicted molar refractivity (Wildman–Crippen MR) is 262 cm³/mol. The molecule has 2 atom stereocenters. The first kappa shape index (κ1) is 61.1. The normalized spacial score (nSPS) is 17.4. The van der Waals surface area contributed by atoms with E-state index in [1.54, 1.807) is 56.4 Å². The Labute approximate surface area is 435 Å². The van der Waals surface area contributed by atoms with Crippen LogP contribution in [0.1, 0.15) is 69.9 Å². The molecular formula is C46H49F4IN2O16S4-4. The topological polar surface area (TPSA) is 289 Å². The number of carbonyl (C=O) groups excluding carboxylic acids is 1. The zero-order chi connectivity index (χ0) is 54.7. The SMILES string of the molecule is COCCN1/C(=C/C=C/C=C/C=C/C(=NCCCCCC(=O)Oc2c(F)c(F)c(S(=O)(=O)[O-])c(F)c2F)C(C)(CCOC)c2cc(S(=O)(=O)[O-])ccc2I)C(C)(CCCS(=O)(=O)[O-])c2cc(S(=O)(=O)[O-])ccc21. The number of anilines is 1. The summed E-state index contributed by atoms with van der Waals surface area (Å²) in [6.07, 6.45) is 11.7. The lowest BCUT2D eigenvalue weighted by atomic mass is 9.75. The molecule has 0 N–H and O–H groups in total. The van der Waals surface area contributed by atoms with Crippen molar-refractivity contribution < 1.29 is 88.4 Å². The van der Waals surface area contributed by atoms with Gasteiger partial charge in [-0.3, -0.25) is 9.79 Å². The van der Waals surface area contributed by atoms with Crippen molar-refractivity contribution in [3.63, 3.8) is 0 Å². The second kappa shape index (κ2) is 25.4. The van der Waals surface area contributed by atoms with Crippen molar-refractivity contribution in [2.24, 2.45) is 4.99 Å². The van der Waals surface area contributed by atoms with Gasteiger partial charge in [-0.2, -0.15) is 8.78 Å². The first-order valence-electron chi connectivity index (χ1n) is 21.8. The Kier molecular flexibility index (Phi) is 21.3. The van der Waals surface area contributed by atoms with Crippen molar-refractivity contribution in [3.05, 3.63) is 123 Å². The number of benzene rings is 3. The Morgan fingerprint density at radius 3 is 1.95 bits per heavy atom. The fourth-order valence-corrected chi connectivity index (χ4v) is 11.0. The number of allylic oxidation sites excluding steroid dienone is 8. The van der Waals surface area contributed by atoms with Gasteiger partial charge in [0, 0.05) is 77.6 Å². The van der Waals surface area contributed by atoms with E-state index in [2.05, 4.69) is 4.74 Å². The molecular weight excluding hydrogens is 1170 g/mol. The lowest BCUT2D eigenvalue weighted by molar-refractivity contribution is -0.135. The average molecular weight is 1220 g/mol. The molecule has 4 rings (SSSR count). The molecule has 402 valence electrons. The summed E-state index contributed by atoms with van der Waals surface area (Å²) < 4.78 is 214. The molecule has 3 aromatic rings. The molecule has 73 heavy (non-hydrogen) atoms. The molecule has 0 aromatic heterocycles. The van der Waals surface area contributed by atoms with Crippen molar-refractivity contribution >= 4 is 80.4 Å². The van der Waals surface area contributed by atoms with E-state index in [0.29, 0.717) is 31.8 Å². The maximum absolute atomic E-state index is 14.4. The molecule has 0 amide bonds. The number of rotatable bonds is 26. The molecule has 3 aromatic carbocycles. The molecule has 27 heteroatoms. The minimum Gasteiger partial charge on any atom is -0.748 e. The maximum Gasteiger partial charge on any atom is 0.311 e. The first-order chi connectivity index (χ1) is 33.9. The summed E-state index contributed by atoms with van der Waals surface area (Å²) in [6, 6.07) is 7.77. The zero-order valence-corrected chi connectivity index (χ0v) is 44.9. The number of carbonyl (C=O) groups is 1. The summed E-state index contributed by atoms with van der Waals surface area (Å²) in [5.41, 5.74) is 0.151. The van der Waals surface area contributed by atoms with Crippen LogP contribution in [0.3, 0.4) is 0 Å². The van der Waals surface area contributed by atoms with Crippen molar-refractivity contribution in [2.75, 3.05) is 51.2 Å². The van der Waals surface area contributed by atoms with Crippen molar-refractivity contribution in [2.45, 2.75) is 84.3 Å². The number of hydrogen-bond donors (Lipinski definition) is 0. The minimum absolute atomic E-state index is 0.00521. The molecule has 1 aliphatic rings. The Morgan fingerprint density at radius 1 is 0.767 bits per heavy atom. The highest BCUT2D eigenvalue weighted by atomic mass is 127. The largest absolute Gasteiger partial charge is 0.748 e. The molecule has 1 heterocycles. The van der Waals surface area contributed by atoms with Gasteiger partial charge in [0.2, 0.25) is 17.4 Å². The fraction of sp³-hybridized carbons (Fsp3) is 0.391. The third-order valence-electron chi connectivity index (χ3n) is 11.7. The van der Waals surface area contributed by atoms with Gasteiger partial charge in [0.25, 0.3) is 0 Å². The van der Waals surface area contributed by atoms with Crippen LogP contribution >= 0.6 is 22.6 Å². The second-order valence-corrected chi connectivity index (χ2v) is 23.5. The van der Waals surface area contributed by atoms with E-state index in [1.165, 1.54) is 50.6 Å². The van der Waals surface area contributed by atoms with Gasteiger partial charge in [-0.25, -0.2) is 42.5 Å². The number of fused-ring (bicyclic) bond motifs is 1. The molecule has 0 spiro atoms. The molecule has 0 bridgehead atoms. The van der Waals surface area contributed by atoms with E-state index in [4.69, 9.17) is 14.5 Å². The summed E-state index contributed by atoms with van der Waals surface area (Å²) in [6.45, 7) is 4.19. The highest BCUT2D eigenvalue weighted by molar-refractivity contribution is 14.1. The van der Waals surface area contributed by atoms with Crippen molar-refractivity contribution in [1.29, 1.82) is 0 Å². The highest BCUT2D eigenvalue weighted by Crippen LogP contribution is 2.51. The standard InChI is InChI=1S/C46H53F4IN2O16S4/c1-45(22-25-67-3,32-28-30(71(58,59)60)17-19-34(32)51)36(52-23-12-8-11-16-38(54)69-43-39(47)41(49)44(73(64,65)66)42(50)40(43)48)14-9-6-5-7-10-15-37-46(2,21-13-27-70(55,56)57)33-29-31(72(61,62)63)18-20-35(33)53(37)24-26-68-4/h5-7,9-10,14-15,17-20,28-29H,8,11-13,16,21-27H2,1-4H3,(H,55,56,57)(H,58,59,60)(H,61,62,63)(H,64,65,66)/p-4/b6-5+,10-7+,14-9+,37-15+,52-36?. The number of halogens is 5. The van der Waals surface area contributed by atoms with Crippen molar-refractivity contribution in [1.82, 2.24) is 0 Å². The Balaban J connectivity index is 1.65. The number of aliphatic imine (C=N–C) groups is 1. The van der Waals surface area contributed by atoms with Crippen LogP contribution in [0.25, 0.3) is 0 Å². The van der Waals surface area contributed by atoms with E-state index in [0.717, 1.165) is 0 Å². The molecule has 0 fully saturated rings. The zero-order valence-electron chi connectivity index (χ0n) is 39.4. The van der Waals surface area contributed by atoms with Crippen molar-refractivity contribution in [3.8, 4) is 5.75 Å². The number of unbranched alkanes of at least 4 members (excludes halogenated alkanes) is 2. The van der Waals surface area contributed by atoms with Crippen LogP contribution in [-0.4, -0.2) is 110 Å². The highest BCUT2D eigenvalue weighted by Gasteiger charge is 2.43. The molecule has 0 aliphatic carbocycles. The summed E-state index contributed by atoms with van der Waals surface area (Å²) in [4.78, 5) is 15.7. The molecule has 0 saturated carbocycles. The third-order valence-corrected chi connectivity index (χ3v) is 16.0. The van der Waals surface area contributed by atoms with Gasteiger partial charge in [0.1, 0.15) is 35.2 Å². The van der Waals surface area contributed by atoms with E-state index in [9.17, 15) is 74.2 Å². The maximum atomic E-state index is 14.4. The summed E-state index contributed by atoms with van der Waals surface area (Å²) in [5, 5.41) is 0. The fourth-order valence-electron chi connectivity index (χ4n) is 7.99. The summed E-state index contributed by atoms with van der Waals surface area (Å²) >= 11 is 1.99. The van der Waals surface area contributed by atoms with Crippen LogP contribution in [0.2, 0.25) is 0 Å². The van der Waals surface area contributed by atoms with Crippen LogP contribution in [0.15, 0.2) is 104 Å². The smallest absolute Gasteiger partial charge is 0.311 e. The van der Waals surface area contributed by atoms with Gasteiger partial charge in [0.05, 0.1) is 26.5 Å². The number of nitrogens with zero attached hydrogens (tertiary/aromatic N) is 2. The average Bonchev–Trinajstić information content (AvgIpc) is 3.52. The van der Waals surface area contributed by atoms with Crippen LogP contribution < -0.4 is 9.64 Å². The van der Waals surface area contributed by atoms with Gasteiger partial charge in [-0.1, -0.05) is 36.8 Å². The molecule has 18 nitrogen and oxygen atoms in total. The van der Waals surface area contributed by atoms with Gasteiger partial charge in [-0.05, 0) is 128 Å².